The minimum absolute atomic E-state index is 0.110. The van der Waals surface area contributed by atoms with Crippen molar-refractivity contribution in [2.45, 2.75) is 13.5 Å². The van der Waals surface area contributed by atoms with Gasteiger partial charge in [-0.15, -0.1) is 0 Å². The number of rotatable bonds is 4. The molecule has 0 bridgehead atoms. The highest BCUT2D eigenvalue weighted by atomic mass is 16.1. The van der Waals surface area contributed by atoms with Gasteiger partial charge >= 0.3 is 0 Å². The van der Waals surface area contributed by atoms with Gasteiger partial charge in [-0.05, 0) is 29.8 Å². The monoisotopic (exact) mass is 357 g/mol. The fourth-order valence-corrected chi connectivity index (χ4v) is 3.61. The Hall–Kier alpha value is -3.60. The lowest BCUT2D eigenvalue weighted by molar-refractivity contribution is -0.114. The molecule has 0 aliphatic rings. The first-order valence-electron chi connectivity index (χ1n) is 8.71. The first-order chi connectivity index (χ1) is 13.1. The van der Waals surface area contributed by atoms with E-state index in [-0.39, 0.29) is 5.91 Å². The highest BCUT2D eigenvalue weighted by Gasteiger charge is 2.16. The molecular formula is C22H19N3O2. The number of benzene rings is 3. The third-order valence-electron chi connectivity index (χ3n) is 4.72. The maximum Gasteiger partial charge on any atom is 0.249 e. The number of amides is 2. The van der Waals surface area contributed by atoms with Gasteiger partial charge in [-0.3, -0.25) is 9.59 Å². The van der Waals surface area contributed by atoms with Crippen LogP contribution in [0.4, 0.5) is 5.69 Å². The maximum absolute atomic E-state index is 12.0. The van der Waals surface area contributed by atoms with E-state index in [0.29, 0.717) is 12.1 Å². The normalized spacial score (nSPS) is 11.0. The fourth-order valence-electron chi connectivity index (χ4n) is 3.61. The summed E-state index contributed by atoms with van der Waals surface area (Å²) in [5.41, 5.74) is 9.84. The lowest BCUT2D eigenvalue weighted by atomic mass is 10.1. The molecule has 0 radical (unpaired) electrons. The number of nitrogens with one attached hydrogen (secondary N) is 1. The molecule has 0 saturated heterocycles. The second-order valence-corrected chi connectivity index (χ2v) is 6.51. The summed E-state index contributed by atoms with van der Waals surface area (Å²) in [6.07, 6.45) is 0. The van der Waals surface area contributed by atoms with Crippen LogP contribution in [0.2, 0.25) is 0 Å². The molecule has 1 heterocycles. The Morgan fingerprint density at radius 1 is 0.926 bits per heavy atom. The van der Waals surface area contributed by atoms with Crippen LogP contribution in [0.3, 0.4) is 0 Å². The van der Waals surface area contributed by atoms with Crippen LogP contribution in [0.25, 0.3) is 21.8 Å². The van der Waals surface area contributed by atoms with Gasteiger partial charge < -0.3 is 15.6 Å². The summed E-state index contributed by atoms with van der Waals surface area (Å²) in [6.45, 7) is 2.05. The summed E-state index contributed by atoms with van der Waals surface area (Å²) in [6, 6.07) is 21.3. The van der Waals surface area contributed by atoms with Crippen LogP contribution < -0.4 is 11.1 Å². The molecule has 0 spiro atoms. The summed E-state index contributed by atoms with van der Waals surface area (Å²) >= 11 is 0. The number of carbonyl (C=O) groups is 2. The van der Waals surface area contributed by atoms with Crippen LogP contribution in [0, 0.1) is 0 Å². The van der Waals surface area contributed by atoms with Crippen LogP contribution in [-0.2, 0) is 11.3 Å². The molecule has 3 N–H and O–H groups in total. The second-order valence-electron chi connectivity index (χ2n) is 6.51. The Bertz CT molecular complexity index is 1190. The van der Waals surface area contributed by atoms with E-state index in [1.165, 1.54) is 6.92 Å². The number of nitrogens with two attached hydrogens (primary N) is 1. The molecule has 0 atom stereocenters. The van der Waals surface area contributed by atoms with Gasteiger partial charge in [0, 0.05) is 34.5 Å². The summed E-state index contributed by atoms with van der Waals surface area (Å²) in [5, 5.41) is 4.73. The lowest BCUT2D eigenvalue weighted by Crippen LogP contribution is -2.11. The van der Waals surface area contributed by atoms with Gasteiger partial charge in [0.2, 0.25) is 11.8 Å². The van der Waals surface area contributed by atoms with Crippen molar-refractivity contribution >= 4 is 39.3 Å². The lowest BCUT2D eigenvalue weighted by Gasteiger charge is -2.13. The van der Waals surface area contributed by atoms with Crippen molar-refractivity contribution < 1.29 is 9.59 Å². The SMILES string of the molecule is CC(=O)Nc1ccccc1Cn1c2ccccc2c2c(C(N)=O)cccc21. The first kappa shape index (κ1) is 16.8. The number of carbonyl (C=O) groups excluding carboxylic acids is 2. The van der Waals surface area contributed by atoms with Gasteiger partial charge in [0.15, 0.2) is 0 Å². The quantitative estimate of drug-likeness (QED) is 0.581. The maximum atomic E-state index is 12.0. The average molecular weight is 357 g/mol. The molecule has 2 amide bonds. The molecule has 0 unspecified atom stereocenters. The van der Waals surface area contributed by atoms with Gasteiger partial charge in [-0.1, -0.05) is 42.5 Å². The molecule has 0 aliphatic heterocycles. The third kappa shape index (κ3) is 2.93. The Balaban J connectivity index is 1.96. The predicted octanol–water partition coefficient (Wildman–Crippen LogP) is 3.90. The van der Waals surface area contributed by atoms with Crippen LogP contribution in [0.1, 0.15) is 22.8 Å². The zero-order chi connectivity index (χ0) is 19.0. The molecule has 5 heteroatoms. The van der Waals surface area contributed by atoms with E-state index >= 15 is 0 Å². The van der Waals surface area contributed by atoms with Gasteiger partial charge in [-0.2, -0.15) is 0 Å². The Labute approximate surface area is 156 Å². The van der Waals surface area contributed by atoms with Crippen molar-refractivity contribution in [3.63, 3.8) is 0 Å². The summed E-state index contributed by atoms with van der Waals surface area (Å²) in [4.78, 5) is 23.5. The average Bonchev–Trinajstić information content (AvgIpc) is 2.97. The number of nitrogens with zero attached hydrogens (tertiary/aromatic N) is 1. The van der Waals surface area contributed by atoms with Crippen molar-refractivity contribution in [1.82, 2.24) is 4.57 Å². The Morgan fingerprint density at radius 2 is 1.63 bits per heavy atom. The molecule has 134 valence electrons. The molecule has 0 saturated carbocycles. The zero-order valence-electron chi connectivity index (χ0n) is 14.9. The van der Waals surface area contributed by atoms with E-state index in [0.717, 1.165) is 33.1 Å². The number of para-hydroxylation sites is 2. The van der Waals surface area contributed by atoms with E-state index in [4.69, 9.17) is 5.73 Å². The van der Waals surface area contributed by atoms with Gasteiger partial charge in [-0.25, -0.2) is 0 Å². The number of primary amides is 1. The highest BCUT2D eigenvalue weighted by Crippen LogP contribution is 2.32. The molecule has 27 heavy (non-hydrogen) atoms. The van der Waals surface area contributed by atoms with E-state index in [9.17, 15) is 9.59 Å². The molecule has 0 fully saturated rings. The topological polar surface area (TPSA) is 77.1 Å². The molecule has 0 aliphatic carbocycles. The van der Waals surface area contributed by atoms with E-state index in [2.05, 4.69) is 9.88 Å². The van der Waals surface area contributed by atoms with Crippen molar-refractivity contribution in [1.29, 1.82) is 0 Å². The number of hydrogen-bond acceptors (Lipinski definition) is 2. The minimum Gasteiger partial charge on any atom is -0.366 e. The van der Waals surface area contributed by atoms with Gasteiger partial charge in [0.25, 0.3) is 0 Å². The van der Waals surface area contributed by atoms with E-state index in [1.54, 1.807) is 6.07 Å². The van der Waals surface area contributed by atoms with Crippen molar-refractivity contribution in [3.8, 4) is 0 Å². The predicted molar refractivity (Wildman–Crippen MR) is 108 cm³/mol. The number of anilines is 1. The molecule has 1 aromatic heterocycles. The molecule has 5 nitrogen and oxygen atoms in total. The number of aromatic nitrogens is 1. The van der Waals surface area contributed by atoms with Crippen molar-refractivity contribution in [2.75, 3.05) is 5.32 Å². The van der Waals surface area contributed by atoms with Crippen LogP contribution in [0.5, 0.6) is 0 Å². The fraction of sp³-hybridized carbons (Fsp3) is 0.0909. The largest absolute Gasteiger partial charge is 0.366 e. The minimum atomic E-state index is -0.442. The second kappa shape index (κ2) is 6.61. The Morgan fingerprint density at radius 3 is 2.41 bits per heavy atom. The zero-order valence-corrected chi connectivity index (χ0v) is 14.9. The van der Waals surface area contributed by atoms with Crippen molar-refractivity contribution in [3.05, 3.63) is 77.9 Å². The number of fused-ring (bicyclic) bond motifs is 3. The van der Waals surface area contributed by atoms with Crippen LogP contribution >= 0.6 is 0 Å². The highest BCUT2D eigenvalue weighted by molar-refractivity contribution is 6.17. The summed E-state index contributed by atoms with van der Waals surface area (Å²) in [5.74, 6) is -0.553. The number of hydrogen-bond donors (Lipinski definition) is 2. The summed E-state index contributed by atoms with van der Waals surface area (Å²) in [7, 11) is 0. The van der Waals surface area contributed by atoms with Gasteiger partial charge in [0.1, 0.15) is 0 Å². The van der Waals surface area contributed by atoms with Crippen molar-refractivity contribution in [2.24, 2.45) is 5.73 Å². The van der Waals surface area contributed by atoms with Crippen LogP contribution in [-0.4, -0.2) is 16.4 Å². The van der Waals surface area contributed by atoms with Crippen LogP contribution in [0.15, 0.2) is 66.7 Å². The molecular weight excluding hydrogens is 338 g/mol. The summed E-state index contributed by atoms with van der Waals surface area (Å²) < 4.78 is 2.15. The van der Waals surface area contributed by atoms with E-state index < -0.39 is 5.91 Å². The Kier molecular flexibility index (Phi) is 4.12. The standard InChI is InChI=1S/C22H19N3O2/c1-14(26)24-18-10-4-2-7-15(18)13-25-19-11-5-3-8-16(19)21-17(22(23)27)9-6-12-20(21)25/h2-12H,13H2,1H3,(H2,23,27)(H,24,26). The molecule has 4 rings (SSSR count). The molecule has 3 aromatic carbocycles. The van der Waals surface area contributed by atoms with Gasteiger partial charge in [0.05, 0.1) is 12.1 Å². The molecule has 4 aromatic rings. The third-order valence-corrected chi connectivity index (χ3v) is 4.72. The first-order valence-corrected chi connectivity index (χ1v) is 8.71. The van der Waals surface area contributed by atoms with E-state index in [1.807, 2.05) is 60.7 Å². The smallest absolute Gasteiger partial charge is 0.249 e.